The Morgan fingerprint density at radius 1 is 1.05 bits per heavy atom. The van der Waals surface area contributed by atoms with Gasteiger partial charge in [-0.3, -0.25) is 0 Å². The van der Waals surface area contributed by atoms with E-state index in [1.54, 1.807) is 6.42 Å². The van der Waals surface area contributed by atoms with Crippen LogP contribution in [-0.4, -0.2) is 16.1 Å². The van der Waals surface area contributed by atoms with E-state index >= 15 is 0 Å². The minimum absolute atomic E-state index is 0.777. The van der Waals surface area contributed by atoms with Crippen LogP contribution in [-0.2, 0) is 13.0 Å². The van der Waals surface area contributed by atoms with Gasteiger partial charge in [0.05, 0.1) is 11.4 Å². The number of hydrogen-bond donors (Lipinski definition) is 1. The van der Waals surface area contributed by atoms with Crippen LogP contribution in [0.25, 0.3) is 0 Å². The van der Waals surface area contributed by atoms with E-state index in [1.165, 1.54) is 42.9 Å². The van der Waals surface area contributed by atoms with Crippen molar-refractivity contribution in [2.24, 2.45) is 23.7 Å². The van der Waals surface area contributed by atoms with Crippen molar-refractivity contribution in [3.05, 3.63) is 17.2 Å². The first kappa shape index (κ1) is 11.8. The zero-order valence-corrected chi connectivity index (χ0v) is 12.4. The van der Waals surface area contributed by atoms with Crippen LogP contribution in [0.4, 0.5) is 0 Å². The standard InChI is InChI=1S/C17H25N3/c1-10-19-15-2-3-18-9-16(15)20(10)17-13-5-11-4-12(7-13)8-14(17)6-11/h11-14,17-18H,2-9H2,1H3. The molecule has 0 unspecified atom stereocenters. The maximum absolute atomic E-state index is 4.91. The summed E-state index contributed by atoms with van der Waals surface area (Å²) in [5.41, 5.74) is 2.90. The second kappa shape index (κ2) is 4.09. The molecule has 1 N–H and O–H groups in total. The lowest BCUT2D eigenvalue weighted by molar-refractivity contribution is -0.0309. The highest BCUT2D eigenvalue weighted by Gasteiger charge is 2.49. The minimum atomic E-state index is 0.777. The zero-order valence-electron chi connectivity index (χ0n) is 12.4. The molecule has 1 aromatic rings. The number of aryl methyl sites for hydroxylation is 1. The van der Waals surface area contributed by atoms with Gasteiger partial charge in [-0.25, -0.2) is 4.98 Å². The molecule has 6 rings (SSSR count). The molecule has 4 bridgehead atoms. The average molecular weight is 271 g/mol. The normalized spacial score (nSPS) is 42.0. The fourth-order valence-electron chi connectivity index (χ4n) is 6.16. The SMILES string of the molecule is Cc1nc2c(n1C1C3CC4CC(C3)CC1C4)CNCC2. The van der Waals surface area contributed by atoms with E-state index in [0.29, 0.717) is 0 Å². The highest BCUT2D eigenvalue weighted by molar-refractivity contribution is 5.22. The van der Waals surface area contributed by atoms with Gasteiger partial charge in [0.15, 0.2) is 0 Å². The molecule has 0 atom stereocenters. The first-order chi connectivity index (χ1) is 9.79. The number of aromatic nitrogens is 2. The van der Waals surface area contributed by atoms with Crippen molar-refractivity contribution in [2.75, 3.05) is 6.54 Å². The van der Waals surface area contributed by atoms with Gasteiger partial charge in [-0.05, 0) is 62.7 Å². The molecule has 4 aliphatic carbocycles. The van der Waals surface area contributed by atoms with Crippen molar-refractivity contribution in [1.29, 1.82) is 0 Å². The molecule has 1 aromatic heterocycles. The number of imidazole rings is 1. The Morgan fingerprint density at radius 3 is 2.45 bits per heavy atom. The summed E-state index contributed by atoms with van der Waals surface area (Å²) in [7, 11) is 0. The molecule has 0 amide bonds. The topological polar surface area (TPSA) is 29.9 Å². The molecule has 1 aliphatic heterocycles. The summed E-state index contributed by atoms with van der Waals surface area (Å²) in [4.78, 5) is 4.91. The van der Waals surface area contributed by atoms with Crippen LogP contribution in [0.3, 0.4) is 0 Å². The summed E-state index contributed by atoms with van der Waals surface area (Å²) >= 11 is 0. The number of rotatable bonds is 1. The highest BCUT2D eigenvalue weighted by atomic mass is 15.2. The van der Waals surface area contributed by atoms with Gasteiger partial charge in [0.1, 0.15) is 5.82 Å². The third kappa shape index (κ3) is 1.53. The molecule has 20 heavy (non-hydrogen) atoms. The Bertz CT molecular complexity index is 517. The van der Waals surface area contributed by atoms with Gasteiger partial charge in [0, 0.05) is 25.6 Å². The molecule has 108 valence electrons. The average Bonchev–Trinajstić information content (AvgIpc) is 2.74. The Hall–Kier alpha value is -0.830. The lowest BCUT2D eigenvalue weighted by Crippen LogP contribution is -2.46. The number of nitrogens with one attached hydrogen (secondary N) is 1. The molecule has 0 spiro atoms. The number of hydrogen-bond acceptors (Lipinski definition) is 2. The summed E-state index contributed by atoms with van der Waals surface area (Å²) in [6.07, 6.45) is 8.66. The van der Waals surface area contributed by atoms with Crippen molar-refractivity contribution >= 4 is 0 Å². The summed E-state index contributed by atoms with van der Waals surface area (Å²) in [6.45, 7) is 4.38. The molecule has 0 saturated heterocycles. The Balaban J connectivity index is 1.58. The molecule has 3 heteroatoms. The third-order valence-electron chi connectivity index (χ3n) is 6.58. The van der Waals surface area contributed by atoms with E-state index in [-0.39, 0.29) is 0 Å². The van der Waals surface area contributed by atoms with Crippen LogP contribution in [0.2, 0.25) is 0 Å². The van der Waals surface area contributed by atoms with Crippen LogP contribution in [0, 0.1) is 30.6 Å². The van der Waals surface area contributed by atoms with Crippen molar-refractivity contribution in [3.63, 3.8) is 0 Å². The second-order valence-electron chi connectivity index (χ2n) is 7.77. The maximum atomic E-state index is 4.91. The van der Waals surface area contributed by atoms with Gasteiger partial charge in [0.2, 0.25) is 0 Å². The van der Waals surface area contributed by atoms with Gasteiger partial charge < -0.3 is 9.88 Å². The fourth-order valence-corrected chi connectivity index (χ4v) is 6.16. The quantitative estimate of drug-likeness (QED) is 0.851. The van der Waals surface area contributed by atoms with Crippen LogP contribution in [0.1, 0.15) is 55.4 Å². The summed E-state index contributed by atoms with van der Waals surface area (Å²) < 4.78 is 2.68. The molecule has 4 fully saturated rings. The van der Waals surface area contributed by atoms with Crippen molar-refractivity contribution in [2.45, 2.75) is 58.0 Å². The summed E-state index contributed by atoms with van der Waals surface area (Å²) in [5.74, 6) is 5.31. The lowest BCUT2D eigenvalue weighted by atomic mass is 9.54. The van der Waals surface area contributed by atoms with Gasteiger partial charge in [-0.2, -0.15) is 0 Å². The van der Waals surface area contributed by atoms with Crippen molar-refractivity contribution < 1.29 is 0 Å². The predicted octanol–water partition coefficient (Wildman–Crippen LogP) is 2.83. The fraction of sp³-hybridized carbons (Fsp3) is 0.824. The lowest BCUT2D eigenvalue weighted by Gasteiger charge is -2.55. The highest BCUT2D eigenvalue weighted by Crippen LogP contribution is 2.58. The maximum Gasteiger partial charge on any atom is 0.106 e. The zero-order chi connectivity index (χ0) is 13.3. The summed E-state index contributed by atoms with van der Waals surface area (Å²) in [5, 5.41) is 3.56. The molecule has 2 heterocycles. The van der Waals surface area contributed by atoms with Gasteiger partial charge in [-0.1, -0.05) is 0 Å². The molecule has 5 aliphatic rings. The Labute approximate surface area is 121 Å². The van der Waals surface area contributed by atoms with E-state index in [0.717, 1.165) is 49.2 Å². The number of nitrogens with zero attached hydrogens (tertiary/aromatic N) is 2. The first-order valence-corrected chi connectivity index (χ1v) is 8.57. The number of fused-ring (bicyclic) bond motifs is 1. The minimum Gasteiger partial charge on any atom is -0.327 e. The Morgan fingerprint density at radius 2 is 1.75 bits per heavy atom. The van der Waals surface area contributed by atoms with E-state index < -0.39 is 0 Å². The molecule has 0 aromatic carbocycles. The van der Waals surface area contributed by atoms with Crippen LogP contribution in [0.15, 0.2) is 0 Å². The van der Waals surface area contributed by atoms with Crippen molar-refractivity contribution in [3.8, 4) is 0 Å². The van der Waals surface area contributed by atoms with Crippen molar-refractivity contribution in [1.82, 2.24) is 14.9 Å². The van der Waals surface area contributed by atoms with E-state index in [4.69, 9.17) is 4.98 Å². The predicted molar refractivity (Wildman–Crippen MR) is 78.5 cm³/mol. The molecule has 3 nitrogen and oxygen atoms in total. The van der Waals surface area contributed by atoms with E-state index in [2.05, 4.69) is 16.8 Å². The molecule has 4 saturated carbocycles. The third-order valence-corrected chi connectivity index (χ3v) is 6.58. The summed E-state index contributed by atoms with van der Waals surface area (Å²) in [6, 6.07) is 0.777. The van der Waals surface area contributed by atoms with Gasteiger partial charge >= 0.3 is 0 Å². The van der Waals surface area contributed by atoms with Gasteiger partial charge in [-0.15, -0.1) is 0 Å². The smallest absolute Gasteiger partial charge is 0.106 e. The first-order valence-electron chi connectivity index (χ1n) is 8.57. The van der Waals surface area contributed by atoms with E-state index in [1.807, 2.05) is 0 Å². The van der Waals surface area contributed by atoms with Crippen LogP contribution >= 0.6 is 0 Å². The second-order valence-corrected chi connectivity index (χ2v) is 7.77. The Kier molecular flexibility index (Phi) is 2.41. The van der Waals surface area contributed by atoms with Crippen LogP contribution < -0.4 is 5.32 Å². The van der Waals surface area contributed by atoms with E-state index in [9.17, 15) is 0 Å². The molecular formula is C17H25N3. The molecular weight excluding hydrogens is 246 g/mol. The van der Waals surface area contributed by atoms with Gasteiger partial charge in [0.25, 0.3) is 0 Å². The monoisotopic (exact) mass is 271 g/mol. The molecule has 0 radical (unpaired) electrons. The largest absolute Gasteiger partial charge is 0.327 e. The van der Waals surface area contributed by atoms with Crippen LogP contribution in [0.5, 0.6) is 0 Å².